The molecule has 5 bridgehead atoms. The summed E-state index contributed by atoms with van der Waals surface area (Å²) >= 11 is 0. The average molecular weight is 894 g/mol. The maximum atomic E-state index is 14.7. The monoisotopic (exact) mass is 893 g/mol. The highest BCUT2D eigenvalue weighted by atomic mass is 16.7. The zero-order valence-corrected chi connectivity index (χ0v) is 38.8. The summed E-state index contributed by atoms with van der Waals surface area (Å²) in [7, 11) is 1.45. The minimum absolute atomic E-state index is 0.0489. The number of amides is 2. The first-order valence-electron chi connectivity index (χ1n) is 22.3. The number of nitrogens with zero attached hydrogens (tertiary/aromatic N) is 2. The van der Waals surface area contributed by atoms with Gasteiger partial charge in [0.05, 0.1) is 41.2 Å². The van der Waals surface area contributed by atoms with Crippen molar-refractivity contribution in [3.63, 3.8) is 0 Å². The lowest BCUT2D eigenvalue weighted by molar-refractivity contribution is -0.160. The summed E-state index contributed by atoms with van der Waals surface area (Å²) in [6, 6.07) is 1.30. The molecule has 9 unspecified atom stereocenters. The lowest BCUT2D eigenvalue weighted by Gasteiger charge is -2.38. The number of ketones is 1. The number of phenolic OH excluding ortho intramolecular Hbond substituents is 2. The van der Waals surface area contributed by atoms with Crippen molar-refractivity contribution in [2.24, 2.45) is 23.7 Å². The summed E-state index contributed by atoms with van der Waals surface area (Å²) in [5.74, 6) is -7.94. The first-order valence-corrected chi connectivity index (χ1v) is 22.3. The van der Waals surface area contributed by atoms with Gasteiger partial charge in [0.15, 0.2) is 12.4 Å². The fourth-order valence-corrected chi connectivity index (χ4v) is 8.81. The molecular weight excluding hydrogens is 827 g/mol. The molecule has 9 atom stereocenters. The molecule has 4 aliphatic heterocycles. The highest BCUT2D eigenvalue weighted by molar-refractivity contribution is 6.21. The topological polar surface area (TPSA) is 214 Å². The molecule has 0 spiro atoms. The van der Waals surface area contributed by atoms with Crippen molar-refractivity contribution in [3.05, 3.63) is 53.3 Å². The normalized spacial score (nSPS) is 30.2. The van der Waals surface area contributed by atoms with Crippen molar-refractivity contribution in [2.45, 2.75) is 125 Å². The number of Topliss-reactive ketones (excluding diaryl/α,β-unsaturated/α-hetero) is 1. The van der Waals surface area contributed by atoms with E-state index in [0.717, 1.165) is 32.1 Å². The Kier molecular flexibility index (Phi) is 16.5. The number of nitrogens with one attached hydrogen (secondary N) is 1. The second-order valence-electron chi connectivity index (χ2n) is 17.6. The Bertz CT molecular complexity index is 2150. The van der Waals surface area contributed by atoms with Gasteiger partial charge in [-0.2, -0.15) is 0 Å². The molecule has 0 aromatic heterocycles. The summed E-state index contributed by atoms with van der Waals surface area (Å²) in [6.07, 6.45) is 8.23. The average Bonchev–Trinajstić information content (AvgIpc) is 3.54. The van der Waals surface area contributed by atoms with Gasteiger partial charge in [-0.1, -0.05) is 65.7 Å². The van der Waals surface area contributed by atoms with Crippen molar-refractivity contribution < 1.29 is 63.3 Å². The molecule has 1 fully saturated rings. The summed E-state index contributed by atoms with van der Waals surface area (Å²) in [5, 5.41) is 52.7. The van der Waals surface area contributed by atoms with E-state index < -0.39 is 89.6 Å². The van der Waals surface area contributed by atoms with Crippen LogP contribution in [0.25, 0.3) is 10.8 Å². The van der Waals surface area contributed by atoms with Gasteiger partial charge in [0, 0.05) is 86.9 Å². The molecule has 64 heavy (non-hydrogen) atoms. The van der Waals surface area contributed by atoms with Gasteiger partial charge < -0.3 is 49.4 Å². The number of ether oxygens (including phenoxy) is 5. The molecule has 4 aliphatic rings. The molecular formula is C48H67N3O13. The predicted molar refractivity (Wildman–Crippen MR) is 240 cm³/mol. The molecule has 1 saturated heterocycles. The zero-order chi connectivity index (χ0) is 47.2. The number of methoxy groups -OCH3 is 1. The number of aliphatic hydroxyl groups excluding tert-OH is 2. The van der Waals surface area contributed by atoms with Crippen LogP contribution < -0.4 is 14.8 Å². The van der Waals surface area contributed by atoms with Crippen LogP contribution >= 0.6 is 0 Å². The number of allylic oxidation sites excluding steroid dienone is 2. The van der Waals surface area contributed by atoms with Gasteiger partial charge in [-0.05, 0) is 39.2 Å². The predicted octanol–water partition coefficient (Wildman–Crippen LogP) is 6.46. The van der Waals surface area contributed by atoms with Crippen LogP contribution in [0.3, 0.4) is 0 Å². The molecule has 5 N–H and O–H groups in total. The van der Waals surface area contributed by atoms with E-state index in [1.54, 1.807) is 51.8 Å². The number of carbonyl (C=O) groups excluding carboxylic acids is 4. The van der Waals surface area contributed by atoms with Crippen LogP contribution in [0.4, 0.5) is 5.69 Å². The number of esters is 1. The molecule has 2 aromatic rings. The molecule has 6 rings (SSSR count). The van der Waals surface area contributed by atoms with Crippen molar-refractivity contribution in [3.8, 4) is 23.0 Å². The third-order valence-corrected chi connectivity index (χ3v) is 12.9. The van der Waals surface area contributed by atoms with E-state index in [4.69, 9.17) is 23.7 Å². The zero-order valence-electron chi connectivity index (χ0n) is 38.8. The number of hydrogen-bond donors (Lipinski definition) is 5. The Balaban J connectivity index is 1.66. The Morgan fingerprint density at radius 3 is 2.30 bits per heavy atom. The van der Waals surface area contributed by atoms with E-state index in [-0.39, 0.29) is 50.6 Å². The minimum Gasteiger partial charge on any atom is -0.507 e. The van der Waals surface area contributed by atoms with Crippen LogP contribution in [0.1, 0.15) is 103 Å². The molecule has 16 heteroatoms. The molecule has 0 saturated carbocycles. The molecule has 2 amide bonds. The molecule has 0 radical (unpaired) electrons. The van der Waals surface area contributed by atoms with E-state index in [0.29, 0.717) is 19.6 Å². The summed E-state index contributed by atoms with van der Waals surface area (Å²) in [6.45, 7) is 16.1. The molecule has 352 valence electrons. The Morgan fingerprint density at radius 2 is 1.66 bits per heavy atom. The quantitative estimate of drug-likeness (QED) is 0.135. The maximum absolute atomic E-state index is 14.7. The fraction of sp³-hybridized carbons (Fsp3) is 0.583. The number of hydrazine groups is 1. The number of rotatable bonds is 9. The minimum atomic E-state index is -2.03. The van der Waals surface area contributed by atoms with Crippen LogP contribution in [0.5, 0.6) is 23.0 Å². The number of carbonyl (C=O) groups is 4. The molecule has 4 heterocycles. The van der Waals surface area contributed by atoms with Crippen molar-refractivity contribution in [1.29, 1.82) is 0 Å². The number of piperidine rings is 1. The van der Waals surface area contributed by atoms with Crippen LogP contribution in [0.15, 0.2) is 42.2 Å². The smallest absolute Gasteiger partial charge is 0.312 e. The van der Waals surface area contributed by atoms with Gasteiger partial charge in [0.1, 0.15) is 23.4 Å². The van der Waals surface area contributed by atoms with E-state index in [1.165, 1.54) is 52.4 Å². The van der Waals surface area contributed by atoms with Crippen molar-refractivity contribution in [1.82, 2.24) is 10.0 Å². The summed E-state index contributed by atoms with van der Waals surface area (Å²) in [4.78, 5) is 54.8. The Hall–Kier alpha value is -5.16. The standard InChI is InChI=1S/C48H67N3O13/c1-11-12-22-51(50-20-14-13-15-21-50)36(53)25-61-35-24-33-43(57)38-37(35)39-45(31(7)42(38)56)64-48(9,46(39)58)62-23-19-34(60-10)28(4)44(63-32(8)52)30(6)41(55)29(5)40(54)26(2)17-16-18-27(3)47(59)49-33/h16-19,23-24,26,28-30,34,40-41,44,54-57H,11-15,20-22,25H2,1-10H3,(H,49,59)/b17-16+,23-19+,27-18-. The Labute approximate surface area is 375 Å². The lowest BCUT2D eigenvalue weighted by Crippen LogP contribution is -2.50. The number of fused-ring (bicyclic) bond motifs is 14. The van der Waals surface area contributed by atoms with E-state index >= 15 is 0 Å². The molecule has 2 aromatic carbocycles. The Morgan fingerprint density at radius 1 is 0.969 bits per heavy atom. The highest BCUT2D eigenvalue weighted by Gasteiger charge is 2.50. The maximum Gasteiger partial charge on any atom is 0.312 e. The van der Waals surface area contributed by atoms with Crippen molar-refractivity contribution >= 4 is 40.0 Å². The number of anilines is 1. The van der Waals surface area contributed by atoms with Gasteiger partial charge in [0.25, 0.3) is 17.6 Å². The third kappa shape index (κ3) is 10.5. The van der Waals surface area contributed by atoms with Crippen LogP contribution in [0.2, 0.25) is 0 Å². The fourth-order valence-electron chi connectivity index (χ4n) is 8.81. The second kappa shape index (κ2) is 21.2. The van der Waals surface area contributed by atoms with Crippen LogP contribution in [-0.2, 0) is 28.6 Å². The number of hydrogen-bond acceptors (Lipinski definition) is 14. The second-order valence-corrected chi connectivity index (χ2v) is 17.6. The molecule has 0 aliphatic carbocycles. The summed E-state index contributed by atoms with van der Waals surface area (Å²) in [5.41, 5.74) is 0.0250. The number of phenols is 2. The summed E-state index contributed by atoms with van der Waals surface area (Å²) < 4.78 is 30.1. The lowest BCUT2D eigenvalue weighted by atomic mass is 9.78. The van der Waals surface area contributed by atoms with Gasteiger partial charge in [0.2, 0.25) is 0 Å². The first kappa shape index (κ1) is 49.8. The third-order valence-electron chi connectivity index (χ3n) is 12.9. The van der Waals surface area contributed by atoms with Gasteiger partial charge in [-0.3, -0.25) is 24.2 Å². The van der Waals surface area contributed by atoms with Crippen LogP contribution in [0, 0.1) is 30.6 Å². The van der Waals surface area contributed by atoms with Crippen molar-refractivity contribution in [2.75, 3.05) is 38.7 Å². The van der Waals surface area contributed by atoms with E-state index in [1.807, 2.05) is 11.9 Å². The SMILES string of the molecule is CCCCN(C(=O)COc1cc2c(O)c3c(O)c(C)c4c(c13)C(=O)C(C)(O/C=C/C(OC)C(C)C(OC(C)=O)C(C)C(O)C(C)C(O)C(C)/C=C/C=C(/C)C(=O)N2)O4)N1CCCCC1. The van der Waals surface area contributed by atoms with Gasteiger partial charge in [-0.25, -0.2) is 5.01 Å². The molecule has 16 nitrogen and oxygen atoms in total. The van der Waals surface area contributed by atoms with E-state index in [2.05, 4.69) is 5.32 Å². The first-order chi connectivity index (χ1) is 30.3. The number of benzene rings is 2. The van der Waals surface area contributed by atoms with Gasteiger partial charge in [-0.15, -0.1) is 0 Å². The van der Waals surface area contributed by atoms with Gasteiger partial charge >= 0.3 is 11.8 Å². The van der Waals surface area contributed by atoms with E-state index in [9.17, 15) is 39.6 Å². The van der Waals surface area contributed by atoms with Crippen LogP contribution in [-0.4, -0.2) is 118 Å². The largest absolute Gasteiger partial charge is 0.507 e. The number of aliphatic hydroxyl groups is 2. The number of unbranched alkanes of at least 4 members (excludes halogenated alkanes) is 1. The highest BCUT2D eigenvalue weighted by Crippen LogP contribution is 2.54. The number of aromatic hydroxyl groups is 2.